The van der Waals surface area contributed by atoms with Gasteiger partial charge in [0.15, 0.2) is 53.0 Å². The highest BCUT2D eigenvalue weighted by Gasteiger charge is 2.15. The molecule has 0 spiro atoms. The fourth-order valence-corrected chi connectivity index (χ4v) is 2.37. The Hall–Kier alpha value is -5.19. The van der Waals surface area contributed by atoms with E-state index >= 15 is 0 Å². The fourth-order valence-electron chi connectivity index (χ4n) is 2.37. The first-order valence-electron chi connectivity index (χ1n) is 8.97. The number of carbonyl (C=O) groups excluding carboxylic acids is 5. The number of ether oxygens (including phenoxy) is 2. The van der Waals surface area contributed by atoms with Crippen molar-refractivity contribution in [2.45, 2.75) is 0 Å². The van der Waals surface area contributed by atoms with E-state index in [0.717, 1.165) is 12.2 Å². The van der Waals surface area contributed by atoms with Crippen LogP contribution < -0.4 is 9.47 Å². The van der Waals surface area contributed by atoms with Crippen molar-refractivity contribution >= 4 is 41.5 Å². The van der Waals surface area contributed by atoms with Crippen molar-refractivity contribution in [2.24, 2.45) is 0 Å². The molecule has 0 saturated heterocycles. The van der Waals surface area contributed by atoms with Gasteiger partial charge in [0, 0.05) is 0 Å². The summed E-state index contributed by atoms with van der Waals surface area (Å²) in [5.74, 6) is 1.56. The van der Waals surface area contributed by atoms with Crippen LogP contribution in [0.4, 0.5) is 0 Å². The van der Waals surface area contributed by atoms with E-state index in [-0.39, 0.29) is 23.0 Å². The summed E-state index contributed by atoms with van der Waals surface area (Å²) in [7, 11) is 0. The summed E-state index contributed by atoms with van der Waals surface area (Å²) in [6.07, 6.45) is 5.81. The number of phenolic OH excluding ortho intramolecular Hbond substituents is 2. The van der Waals surface area contributed by atoms with E-state index in [4.69, 9.17) is 9.47 Å². The van der Waals surface area contributed by atoms with Gasteiger partial charge in [-0.25, -0.2) is 14.4 Å². The topological polar surface area (TPSA) is 144 Å². The summed E-state index contributed by atoms with van der Waals surface area (Å²) in [4.78, 5) is 56.2. The van der Waals surface area contributed by atoms with Gasteiger partial charge in [-0.3, -0.25) is 9.59 Å². The first-order chi connectivity index (χ1) is 15.9. The van der Waals surface area contributed by atoms with Crippen LogP contribution in [0.25, 0.3) is 12.2 Å². The first-order valence-corrected chi connectivity index (χ1v) is 8.97. The molecule has 33 heavy (non-hydrogen) atoms. The van der Waals surface area contributed by atoms with Crippen molar-refractivity contribution in [1.29, 1.82) is 0 Å². The second-order valence-corrected chi connectivity index (χ2v) is 6.03. The molecule has 0 aliphatic carbocycles. The lowest BCUT2D eigenvalue weighted by atomic mass is 10.1. The Kier molecular flexibility index (Phi) is 8.65. The minimum atomic E-state index is -0.922. The highest BCUT2D eigenvalue weighted by molar-refractivity contribution is 6.33. The molecular weight excluding hydrogens is 432 g/mol. The Bertz CT molecular complexity index is 1190. The molecule has 2 aromatic rings. The standard InChI is InChI=1S/C24H14O9/c25-9-11-32-23-13-16(3-7-21(23)30)1-5-19(28)18(15-27)20(29)6-2-17-4-8-22(31)24(14-17)33-12-10-26/h1-8,11-14,30-31H. The van der Waals surface area contributed by atoms with Crippen LogP contribution in [0.1, 0.15) is 11.1 Å². The van der Waals surface area contributed by atoms with Crippen LogP contribution in [0.2, 0.25) is 0 Å². The average molecular weight is 446 g/mol. The molecule has 0 heterocycles. The Morgan fingerprint density at radius 3 is 1.52 bits per heavy atom. The number of allylic oxidation sites excluding steroid dienone is 3. The molecule has 2 aromatic carbocycles. The van der Waals surface area contributed by atoms with Crippen LogP contribution in [0, 0.1) is 0 Å². The van der Waals surface area contributed by atoms with Gasteiger partial charge in [-0.05, 0) is 47.5 Å². The van der Waals surface area contributed by atoms with E-state index in [0.29, 0.717) is 23.7 Å². The van der Waals surface area contributed by atoms with Crippen molar-refractivity contribution in [3.05, 3.63) is 77.8 Å². The molecule has 0 radical (unpaired) electrons. The Morgan fingerprint density at radius 1 is 0.727 bits per heavy atom. The van der Waals surface area contributed by atoms with Crippen LogP contribution in [-0.4, -0.2) is 39.6 Å². The molecule has 0 aliphatic rings. The summed E-state index contributed by atoms with van der Waals surface area (Å²) in [6.45, 7) is 0. The summed E-state index contributed by atoms with van der Waals surface area (Å²) in [6, 6.07) is 7.97. The van der Waals surface area contributed by atoms with Gasteiger partial charge in [0.2, 0.25) is 11.6 Å². The van der Waals surface area contributed by atoms with Crippen LogP contribution in [0.15, 0.2) is 66.6 Å². The molecule has 0 aromatic heterocycles. The zero-order chi connectivity index (χ0) is 24.2. The molecule has 0 fully saturated rings. The van der Waals surface area contributed by atoms with Gasteiger partial charge in [0.1, 0.15) is 5.94 Å². The first kappa shape index (κ1) is 24.1. The summed E-state index contributed by atoms with van der Waals surface area (Å²) < 4.78 is 9.72. The molecule has 0 bridgehead atoms. The molecule has 2 N–H and O–H groups in total. The minimum Gasteiger partial charge on any atom is -0.504 e. The number of hydrogen-bond acceptors (Lipinski definition) is 9. The van der Waals surface area contributed by atoms with Gasteiger partial charge in [0.05, 0.1) is 0 Å². The maximum Gasteiger partial charge on any atom is 0.200 e. The molecule has 2 rings (SSSR count). The van der Waals surface area contributed by atoms with Gasteiger partial charge in [-0.1, -0.05) is 24.3 Å². The van der Waals surface area contributed by atoms with E-state index in [2.05, 4.69) is 0 Å². The third-order valence-corrected chi connectivity index (χ3v) is 3.88. The maximum atomic E-state index is 12.3. The van der Waals surface area contributed by atoms with Crippen molar-refractivity contribution in [3.8, 4) is 23.0 Å². The zero-order valence-corrected chi connectivity index (χ0v) is 16.7. The zero-order valence-electron chi connectivity index (χ0n) is 16.7. The fraction of sp³-hybridized carbons (Fsp3) is 0. The number of phenols is 2. The predicted molar refractivity (Wildman–Crippen MR) is 115 cm³/mol. The molecule has 0 atom stereocenters. The molecule has 0 aliphatic heterocycles. The van der Waals surface area contributed by atoms with E-state index in [1.165, 1.54) is 66.4 Å². The van der Waals surface area contributed by atoms with Gasteiger partial charge in [0.25, 0.3) is 0 Å². The summed E-state index contributed by atoms with van der Waals surface area (Å²) in [5.41, 5.74) is -0.0323. The van der Waals surface area contributed by atoms with Crippen LogP contribution in [0.5, 0.6) is 23.0 Å². The Morgan fingerprint density at radius 2 is 1.15 bits per heavy atom. The van der Waals surface area contributed by atoms with Crippen molar-refractivity contribution < 1.29 is 43.7 Å². The lowest BCUT2D eigenvalue weighted by Crippen LogP contribution is -2.09. The van der Waals surface area contributed by atoms with Crippen molar-refractivity contribution in [1.82, 2.24) is 0 Å². The predicted octanol–water partition coefficient (Wildman–Crippen LogP) is 2.17. The van der Waals surface area contributed by atoms with Gasteiger partial charge in [-0.15, -0.1) is 0 Å². The third kappa shape index (κ3) is 6.93. The highest BCUT2D eigenvalue weighted by Crippen LogP contribution is 2.28. The highest BCUT2D eigenvalue weighted by atomic mass is 16.5. The van der Waals surface area contributed by atoms with Crippen molar-refractivity contribution in [2.75, 3.05) is 0 Å². The molecule has 9 heteroatoms. The van der Waals surface area contributed by atoms with E-state index in [1.807, 2.05) is 0 Å². The smallest absolute Gasteiger partial charge is 0.200 e. The minimum absolute atomic E-state index is 0.0704. The summed E-state index contributed by atoms with van der Waals surface area (Å²) in [5, 5.41) is 19.3. The second-order valence-electron chi connectivity index (χ2n) is 6.03. The molecule has 0 saturated carbocycles. The van der Waals surface area contributed by atoms with Crippen LogP contribution >= 0.6 is 0 Å². The molecule has 164 valence electrons. The number of ketones is 2. The van der Waals surface area contributed by atoms with Gasteiger partial charge >= 0.3 is 0 Å². The number of rotatable bonds is 10. The van der Waals surface area contributed by atoms with E-state index in [1.54, 1.807) is 0 Å². The van der Waals surface area contributed by atoms with Gasteiger partial charge in [-0.2, -0.15) is 0 Å². The van der Waals surface area contributed by atoms with E-state index in [9.17, 15) is 34.2 Å². The lowest BCUT2D eigenvalue weighted by molar-refractivity contribution is -0.116. The quantitative estimate of drug-likeness (QED) is 0.184. The number of benzene rings is 2. The van der Waals surface area contributed by atoms with Crippen LogP contribution in [0.3, 0.4) is 0 Å². The number of carbonyl (C=O) groups is 2. The molecule has 0 unspecified atom stereocenters. The monoisotopic (exact) mass is 446 g/mol. The average Bonchev–Trinajstić information content (AvgIpc) is 2.81. The lowest BCUT2D eigenvalue weighted by Gasteiger charge is -2.03. The molecular formula is C24H14O9. The third-order valence-electron chi connectivity index (χ3n) is 3.88. The van der Waals surface area contributed by atoms with Crippen molar-refractivity contribution in [3.63, 3.8) is 0 Å². The molecule has 9 nitrogen and oxygen atoms in total. The SMILES string of the molecule is O=C=COc1cc(C=CC(=O)C(=C=O)C(=O)C=Cc2ccc(O)c(OC=C=O)c2)ccc1O. The largest absolute Gasteiger partial charge is 0.504 e. The Labute approximate surface area is 186 Å². The maximum absolute atomic E-state index is 12.3. The number of aromatic hydroxyl groups is 2. The second kappa shape index (κ2) is 11.9. The normalized spacial score (nSPS) is 10.1. The van der Waals surface area contributed by atoms with E-state index < -0.39 is 17.1 Å². The van der Waals surface area contributed by atoms with Crippen LogP contribution in [-0.2, 0) is 24.0 Å². The summed E-state index contributed by atoms with van der Waals surface area (Å²) >= 11 is 0. The molecule has 0 amide bonds. The Balaban J connectivity index is 2.16. The van der Waals surface area contributed by atoms with Gasteiger partial charge < -0.3 is 19.7 Å². The number of hydrogen-bond donors (Lipinski definition) is 2.